The molecule has 16 heavy (non-hydrogen) atoms. The van der Waals surface area contributed by atoms with E-state index >= 15 is 0 Å². The highest BCUT2D eigenvalue weighted by molar-refractivity contribution is 5.78. The second-order valence-electron chi connectivity index (χ2n) is 6.37. The van der Waals surface area contributed by atoms with E-state index in [1.54, 1.807) is 4.90 Å². The molecule has 1 unspecified atom stereocenters. The SMILES string of the molecule is CN(C)C(=O)C1CCCN(CC(C)(C)C)C1. The molecule has 1 heterocycles. The highest BCUT2D eigenvalue weighted by Crippen LogP contribution is 2.22. The number of carbonyl (C=O) groups is 1. The van der Waals surface area contributed by atoms with Gasteiger partial charge < -0.3 is 9.80 Å². The van der Waals surface area contributed by atoms with Crippen molar-refractivity contribution in [3.05, 3.63) is 0 Å². The first kappa shape index (κ1) is 13.5. The standard InChI is InChI=1S/C13H26N2O/c1-13(2,3)10-15-8-6-7-11(9-15)12(16)14(4)5/h11H,6-10H2,1-5H3. The van der Waals surface area contributed by atoms with E-state index in [2.05, 4.69) is 25.7 Å². The molecule has 0 aromatic heterocycles. The van der Waals surface area contributed by atoms with Gasteiger partial charge in [0.25, 0.3) is 0 Å². The van der Waals surface area contributed by atoms with E-state index in [1.165, 1.54) is 0 Å². The van der Waals surface area contributed by atoms with Crippen molar-refractivity contribution >= 4 is 5.91 Å². The largest absolute Gasteiger partial charge is 0.349 e. The van der Waals surface area contributed by atoms with Gasteiger partial charge in [-0.05, 0) is 24.8 Å². The van der Waals surface area contributed by atoms with Gasteiger partial charge in [-0.3, -0.25) is 4.79 Å². The molecule has 0 N–H and O–H groups in total. The molecular weight excluding hydrogens is 200 g/mol. The third-order valence-electron chi connectivity index (χ3n) is 2.99. The van der Waals surface area contributed by atoms with E-state index in [4.69, 9.17) is 0 Å². The Morgan fingerprint density at radius 2 is 2.00 bits per heavy atom. The third-order valence-corrected chi connectivity index (χ3v) is 2.99. The van der Waals surface area contributed by atoms with Gasteiger partial charge in [-0.25, -0.2) is 0 Å². The monoisotopic (exact) mass is 226 g/mol. The average molecular weight is 226 g/mol. The minimum Gasteiger partial charge on any atom is -0.349 e. The van der Waals surface area contributed by atoms with Crippen LogP contribution in [0, 0.1) is 11.3 Å². The van der Waals surface area contributed by atoms with Crippen molar-refractivity contribution in [1.29, 1.82) is 0 Å². The Kier molecular flexibility index (Phi) is 4.36. The van der Waals surface area contributed by atoms with E-state index in [1.807, 2.05) is 14.1 Å². The number of piperidine rings is 1. The zero-order chi connectivity index (χ0) is 12.3. The lowest BCUT2D eigenvalue weighted by Gasteiger charge is -2.36. The zero-order valence-corrected chi connectivity index (χ0v) is 11.4. The van der Waals surface area contributed by atoms with E-state index < -0.39 is 0 Å². The van der Waals surface area contributed by atoms with Crippen LogP contribution in [0.2, 0.25) is 0 Å². The number of hydrogen-bond acceptors (Lipinski definition) is 2. The molecule has 1 amide bonds. The Balaban J connectivity index is 2.50. The predicted octanol–water partition coefficient (Wildman–Crippen LogP) is 1.83. The van der Waals surface area contributed by atoms with Crippen LogP contribution in [-0.4, -0.2) is 49.4 Å². The molecule has 3 nitrogen and oxygen atoms in total. The smallest absolute Gasteiger partial charge is 0.226 e. The van der Waals surface area contributed by atoms with Gasteiger partial charge in [0, 0.05) is 27.2 Å². The van der Waals surface area contributed by atoms with E-state index in [0.29, 0.717) is 11.3 Å². The molecule has 0 aliphatic carbocycles. The van der Waals surface area contributed by atoms with Crippen molar-refractivity contribution in [2.45, 2.75) is 33.6 Å². The van der Waals surface area contributed by atoms with Gasteiger partial charge in [0.15, 0.2) is 0 Å². The molecule has 94 valence electrons. The first-order chi connectivity index (χ1) is 7.29. The summed E-state index contributed by atoms with van der Waals surface area (Å²) in [4.78, 5) is 16.1. The average Bonchev–Trinajstić information content (AvgIpc) is 2.14. The Hall–Kier alpha value is -0.570. The topological polar surface area (TPSA) is 23.6 Å². The fourth-order valence-electron chi connectivity index (χ4n) is 2.44. The second kappa shape index (κ2) is 5.17. The van der Waals surface area contributed by atoms with Gasteiger partial charge in [-0.15, -0.1) is 0 Å². The quantitative estimate of drug-likeness (QED) is 0.717. The second-order valence-corrected chi connectivity index (χ2v) is 6.37. The number of nitrogens with zero attached hydrogens (tertiary/aromatic N) is 2. The lowest BCUT2D eigenvalue weighted by Crippen LogP contribution is -2.45. The molecule has 1 rings (SSSR count). The molecule has 0 bridgehead atoms. The molecule has 3 heteroatoms. The van der Waals surface area contributed by atoms with E-state index in [9.17, 15) is 4.79 Å². The summed E-state index contributed by atoms with van der Waals surface area (Å²) in [7, 11) is 3.70. The van der Waals surface area contributed by atoms with Gasteiger partial charge >= 0.3 is 0 Å². The van der Waals surface area contributed by atoms with Crippen LogP contribution in [0.15, 0.2) is 0 Å². The van der Waals surface area contributed by atoms with Gasteiger partial charge in [-0.2, -0.15) is 0 Å². The fourth-order valence-corrected chi connectivity index (χ4v) is 2.44. The summed E-state index contributed by atoms with van der Waals surface area (Å²) in [6.45, 7) is 9.94. The molecule has 0 spiro atoms. The summed E-state index contributed by atoms with van der Waals surface area (Å²) in [6.07, 6.45) is 2.21. The lowest BCUT2D eigenvalue weighted by atomic mass is 9.91. The molecule has 0 aromatic carbocycles. The van der Waals surface area contributed by atoms with Crippen LogP contribution in [-0.2, 0) is 4.79 Å². The molecule has 1 aliphatic rings. The first-order valence-corrected chi connectivity index (χ1v) is 6.23. The minimum absolute atomic E-state index is 0.214. The van der Waals surface area contributed by atoms with E-state index in [0.717, 1.165) is 32.5 Å². The number of carbonyl (C=O) groups excluding carboxylic acids is 1. The van der Waals surface area contributed by atoms with Crippen LogP contribution in [0.4, 0.5) is 0 Å². The molecule has 0 aromatic rings. The van der Waals surface area contributed by atoms with Crippen LogP contribution in [0.25, 0.3) is 0 Å². The van der Waals surface area contributed by atoms with Gasteiger partial charge in [-0.1, -0.05) is 20.8 Å². The molecule has 0 radical (unpaired) electrons. The summed E-state index contributed by atoms with van der Waals surface area (Å²) < 4.78 is 0. The normalized spacial score (nSPS) is 23.2. The van der Waals surface area contributed by atoms with Crippen LogP contribution >= 0.6 is 0 Å². The highest BCUT2D eigenvalue weighted by Gasteiger charge is 2.28. The summed E-state index contributed by atoms with van der Waals surface area (Å²) in [5.74, 6) is 0.504. The van der Waals surface area contributed by atoms with Crippen molar-refractivity contribution in [3.8, 4) is 0 Å². The summed E-state index contributed by atoms with van der Waals surface area (Å²) in [5.41, 5.74) is 0.322. The Morgan fingerprint density at radius 1 is 1.38 bits per heavy atom. The molecule has 1 saturated heterocycles. The van der Waals surface area contributed by atoms with Crippen molar-refractivity contribution in [3.63, 3.8) is 0 Å². The number of likely N-dealkylation sites (tertiary alicyclic amines) is 1. The highest BCUT2D eigenvalue weighted by atomic mass is 16.2. The lowest BCUT2D eigenvalue weighted by molar-refractivity contribution is -0.134. The molecule has 1 atom stereocenters. The maximum absolute atomic E-state index is 11.9. The Morgan fingerprint density at radius 3 is 2.50 bits per heavy atom. The van der Waals surface area contributed by atoms with Crippen LogP contribution in [0.1, 0.15) is 33.6 Å². The fraction of sp³-hybridized carbons (Fsp3) is 0.923. The molecule has 0 saturated carbocycles. The first-order valence-electron chi connectivity index (χ1n) is 6.23. The minimum atomic E-state index is 0.214. The van der Waals surface area contributed by atoms with Crippen molar-refractivity contribution in [2.24, 2.45) is 11.3 Å². The zero-order valence-electron chi connectivity index (χ0n) is 11.4. The predicted molar refractivity (Wildman–Crippen MR) is 67.3 cm³/mol. The number of amides is 1. The number of hydrogen-bond donors (Lipinski definition) is 0. The Labute approximate surface area is 99.8 Å². The Bertz CT molecular complexity index is 243. The molecule has 1 fully saturated rings. The summed E-state index contributed by atoms with van der Waals surface area (Å²) >= 11 is 0. The van der Waals surface area contributed by atoms with Crippen molar-refractivity contribution < 1.29 is 4.79 Å². The van der Waals surface area contributed by atoms with Crippen molar-refractivity contribution in [1.82, 2.24) is 9.80 Å². The van der Waals surface area contributed by atoms with Crippen LogP contribution < -0.4 is 0 Å². The van der Waals surface area contributed by atoms with E-state index in [-0.39, 0.29) is 5.92 Å². The van der Waals surface area contributed by atoms with Gasteiger partial charge in [0.05, 0.1) is 5.92 Å². The third kappa shape index (κ3) is 4.12. The number of rotatable bonds is 2. The summed E-state index contributed by atoms with van der Waals surface area (Å²) in [5, 5.41) is 0. The summed E-state index contributed by atoms with van der Waals surface area (Å²) in [6, 6.07) is 0. The molecule has 1 aliphatic heterocycles. The molecular formula is C13H26N2O. The van der Waals surface area contributed by atoms with Crippen LogP contribution in [0.3, 0.4) is 0 Å². The van der Waals surface area contributed by atoms with Crippen LogP contribution in [0.5, 0.6) is 0 Å². The van der Waals surface area contributed by atoms with Crippen molar-refractivity contribution in [2.75, 3.05) is 33.7 Å². The van der Waals surface area contributed by atoms with Gasteiger partial charge in [0.2, 0.25) is 5.91 Å². The maximum Gasteiger partial charge on any atom is 0.226 e. The van der Waals surface area contributed by atoms with Gasteiger partial charge in [0.1, 0.15) is 0 Å². The maximum atomic E-state index is 11.9.